The highest BCUT2D eigenvalue weighted by molar-refractivity contribution is 5.75. The van der Waals surface area contributed by atoms with Gasteiger partial charge in [-0.15, -0.1) is 0 Å². The van der Waals surface area contributed by atoms with Crippen molar-refractivity contribution in [3.63, 3.8) is 0 Å². The largest absolute Gasteiger partial charge is 0.497 e. The Morgan fingerprint density at radius 2 is 2.12 bits per heavy atom. The van der Waals surface area contributed by atoms with Crippen molar-refractivity contribution in [1.29, 1.82) is 0 Å². The van der Waals surface area contributed by atoms with E-state index < -0.39 is 0 Å². The molecule has 0 radical (unpaired) electrons. The highest BCUT2D eigenvalue weighted by Gasteiger charge is 2.16. The van der Waals surface area contributed by atoms with Crippen LogP contribution in [-0.4, -0.2) is 47.9 Å². The van der Waals surface area contributed by atoms with Crippen LogP contribution in [-0.2, 0) is 0 Å². The van der Waals surface area contributed by atoms with Gasteiger partial charge in [-0.25, -0.2) is 9.50 Å². The van der Waals surface area contributed by atoms with Gasteiger partial charge < -0.3 is 15.0 Å². The SMILES string of the molecule is COc1cccc(-c2cc3c(N4CCCNCC4)nccn3n2)c1. The van der Waals surface area contributed by atoms with Crippen molar-refractivity contribution in [3.8, 4) is 17.0 Å². The Bertz CT molecular complexity index is 836. The first-order valence-corrected chi connectivity index (χ1v) is 8.29. The van der Waals surface area contributed by atoms with Gasteiger partial charge in [0.25, 0.3) is 0 Å². The summed E-state index contributed by atoms with van der Waals surface area (Å²) in [5, 5.41) is 8.15. The summed E-state index contributed by atoms with van der Waals surface area (Å²) >= 11 is 0. The Morgan fingerprint density at radius 1 is 1.17 bits per heavy atom. The van der Waals surface area contributed by atoms with Gasteiger partial charge in [-0.3, -0.25) is 0 Å². The lowest BCUT2D eigenvalue weighted by Crippen LogP contribution is -2.29. The Kier molecular flexibility index (Phi) is 4.04. The topological polar surface area (TPSA) is 54.7 Å². The van der Waals surface area contributed by atoms with Gasteiger partial charge in [0, 0.05) is 37.6 Å². The summed E-state index contributed by atoms with van der Waals surface area (Å²) in [5.41, 5.74) is 3.01. The zero-order chi connectivity index (χ0) is 16.4. The molecule has 2 aromatic heterocycles. The lowest BCUT2D eigenvalue weighted by atomic mass is 10.1. The number of hydrogen-bond acceptors (Lipinski definition) is 5. The molecule has 0 aliphatic carbocycles. The maximum Gasteiger partial charge on any atom is 0.154 e. The molecule has 1 aliphatic heterocycles. The molecule has 0 bridgehead atoms. The summed E-state index contributed by atoms with van der Waals surface area (Å²) in [7, 11) is 1.68. The number of nitrogens with zero attached hydrogens (tertiary/aromatic N) is 4. The lowest BCUT2D eigenvalue weighted by molar-refractivity contribution is 0.415. The fraction of sp³-hybridized carbons (Fsp3) is 0.333. The van der Waals surface area contributed by atoms with Crippen LogP contribution in [0.1, 0.15) is 6.42 Å². The van der Waals surface area contributed by atoms with Crippen molar-refractivity contribution in [1.82, 2.24) is 19.9 Å². The van der Waals surface area contributed by atoms with E-state index in [1.807, 2.05) is 41.2 Å². The number of hydrogen-bond donors (Lipinski definition) is 1. The summed E-state index contributed by atoms with van der Waals surface area (Å²) in [6.45, 7) is 4.03. The molecule has 1 aliphatic rings. The van der Waals surface area contributed by atoms with E-state index in [0.717, 1.165) is 60.9 Å². The second-order valence-electron chi connectivity index (χ2n) is 5.93. The smallest absolute Gasteiger partial charge is 0.154 e. The number of benzene rings is 1. The summed E-state index contributed by atoms with van der Waals surface area (Å²) in [6, 6.07) is 10.1. The van der Waals surface area contributed by atoms with Crippen molar-refractivity contribution in [2.24, 2.45) is 0 Å². The van der Waals surface area contributed by atoms with E-state index in [9.17, 15) is 0 Å². The Labute approximate surface area is 141 Å². The molecule has 6 nitrogen and oxygen atoms in total. The zero-order valence-electron chi connectivity index (χ0n) is 13.8. The molecule has 0 unspecified atom stereocenters. The second kappa shape index (κ2) is 6.49. The first-order chi connectivity index (χ1) is 11.8. The summed E-state index contributed by atoms with van der Waals surface area (Å²) in [6.07, 6.45) is 4.85. The number of aromatic nitrogens is 3. The van der Waals surface area contributed by atoms with Crippen molar-refractivity contribution < 1.29 is 4.74 Å². The molecule has 0 saturated carbocycles. The van der Waals surface area contributed by atoms with Crippen LogP contribution in [0.4, 0.5) is 5.82 Å². The number of nitrogens with one attached hydrogen (secondary N) is 1. The van der Waals surface area contributed by atoms with Gasteiger partial charge in [0.1, 0.15) is 11.3 Å². The number of fused-ring (bicyclic) bond motifs is 1. The van der Waals surface area contributed by atoms with Gasteiger partial charge in [0.15, 0.2) is 5.82 Å². The van der Waals surface area contributed by atoms with Crippen LogP contribution in [0.3, 0.4) is 0 Å². The predicted molar refractivity (Wildman–Crippen MR) is 94.7 cm³/mol. The lowest BCUT2D eigenvalue weighted by Gasteiger charge is -2.21. The Balaban J connectivity index is 1.76. The molecule has 0 spiro atoms. The van der Waals surface area contributed by atoms with Gasteiger partial charge in [-0.2, -0.15) is 5.10 Å². The van der Waals surface area contributed by atoms with Crippen LogP contribution >= 0.6 is 0 Å². The number of ether oxygens (including phenoxy) is 1. The van der Waals surface area contributed by atoms with E-state index in [4.69, 9.17) is 9.84 Å². The fourth-order valence-corrected chi connectivity index (χ4v) is 3.13. The van der Waals surface area contributed by atoms with E-state index in [1.165, 1.54) is 0 Å². The van der Waals surface area contributed by atoms with Crippen molar-refractivity contribution in [3.05, 3.63) is 42.7 Å². The quantitative estimate of drug-likeness (QED) is 0.801. The minimum absolute atomic E-state index is 0.835. The van der Waals surface area contributed by atoms with Crippen molar-refractivity contribution in [2.75, 3.05) is 38.2 Å². The average Bonchev–Trinajstić information content (AvgIpc) is 2.89. The molecule has 1 N–H and O–H groups in total. The third-order valence-corrected chi connectivity index (χ3v) is 4.37. The molecule has 1 aromatic carbocycles. The van der Waals surface area contributed by atoms with E-state index in [0.29, 0.717) is 0 Å². The van der Waals surface area contributed by atoms with Crippen LogP contribution < -0.4 is 15.0 Å². The van der Waals surface area contributed by atoms with Crippen LogP contribution in [0.5, 0.6) is 5.75 Å². The minimum Gasteiger partial charge on any atom is -0.497 e. The van der Waals surface area contributed by atoms with Crippen LogP contribution in [0.2, 0.25) is 0 Å². The third-order valence-electron chi connectivity index (χ3n) is 4.37. The molecule has 1 fully saturated rings. The molecule has 1 saturated heterocycles. The first kappa shape index (κ1) is 15.0. The van der Waals surface area contributed by atoms with Gasteiger partial charge in [-0.05, 0) is 31.2 Å². The van der Waals surface area contributed by atoms with Crippen molar-refractivity contribution in [2.45, 2.75) is 6.42 Å². The molecule has 3 aromatic rings. The maximum atomic E-state index is 5.32. The fourth-order valence-electron chi connectivity index (χ4n) is 3.13. The van der Waals surface area contributed by atoms with Gasteiger partial charge in [0.2, 0.25) is 0 Å². The third kappa shape index (κ3) is 2.80. The molecule has 6 heteroatoms. The molecular formula is C18H21N5O. The number of anilines is 1. The van der Waals surface area contributed by atoms with Gasteiger partial charge in [0.05, 0.1) is 12.8 Å². The van der Waals surface area contributed by atoms with Crippen LogP contribution in [0.15, 0.2) is 42.7 Å². The van der Waals surface area contributed by atoms with Crippen molar-refractivity contribution >= 4 is 11.3 Å². The normalized spacial score (nSPS) is 15.5. The van der Waals surface area contributed by atoms with Crippen LogP contribution in [0, 0.1) is 0 Å². The van der Waals surface area contributed by atoms with Gasteiger partial charge >= 0.3 is 0 Å². The second-order valence-corrected chi connectivity index (χ2v) is 5.93. The molecule has 4 rings (SSSR count). The summed E-state index contributed by atoms with van der Waals surface area (Å²) < 4.78 is 7.23. The molecular weight excluding hydrogens is 302 g/mol. The highest BCUT2D eigenvalue weighted by atomic mass is 16.5. The minimum atomic E-state index is 0.835. The van der Waals surface area contributed by atoms with E-state index in [2.05, 4.69) is 21.3 Å². The summed E-state index contributed by atoms with van der Waals surface area (Å²) in [5.74, 6) is 1.84. The van der Waals surface area contributed by atoms with Crippen LogP contribution in [0.25, 0.3) is 16.8 Å². The molecule has 3 heterocycles. The van der Waals surface area contributed by atoms with Gasteiger partial charge in [-0.1, -0.05) is 12.1 Å². The van der Waals surface area contributed by atoms with E-state index in [1.54, 1.807) is 7.11 Å². The standard InChI is InChI=1S/C18H21N5O/c1-24-15-5-2-4-14(12-15)16-13-17-18(20-8-11-23(17)21-16)22-9-3-6-19-7-10-22/h2,4-5,8,11-13,19H,3,6-7,9-10H2,1H3. The number of methoxy groups -OCH3 is 1. The van der Waals surface area contributed by atoms with E-state index in [-0.39, 0.29) is 0 Å². The highest BCUT2D eigenvalue weighted by Crippen LogP contribution is 2.27. The molecule has 0 amide bonds. The predicted octanol–water partition coefficient (Wildman–Crippen LogP) is 2.20. The summed E-state index contributed by atoms with van der Waals surface area (Å²) in [4.78, 5) is 6.97. The average molecular weight is 323 g/mol. The first-order valence-electron chi connectivity index (χ1n) is 8.29. The molecule has 124 valence electrons. The Morgan fingerprint density at radius 3 is 3.04 bits per heavy atom. The maximum absolute atomic E-state index is 5.32. The van der Waals surface area contributed by atoms with E-state index >= 15 is 0 Å². The molecule has 24 heavy (non-hydrogen) atoms. The zero-order valence-corrected chi connectivity index (χ0v) is 13.8. The Hall–Kier alpha value is -2.60. The molecule has 0 atom stereocenters. The monoisotopic (exact) mass is 323 g/mol. The number of rotatable bonds is 3.